The monoisotopic (exact) mass is 222 g/mol. The van der Waals surface area contributed by atoms with Crippen LogP contribution in [0.4, 0.5) is 5.82 Å². The van der Waals surface area contributed by atoms with Gasteiger partial charge in [0, 0.05) is 31.4 Å². The zero-order valence-corrected chi connectivity index (χ0v) is 8.85. The number of aromatic amines is 1. The molecule has 1 aromatic rings. The van der Waals surface area contributed by atoms with E-state index in [9.17, 15) is 9.59 Å². The summed E-state index contributed by atoms with van der Waals surface area (Å²) < 4.78 is 0. The number of nitrogens with zero attached hydrogens (tertiary/aromatic N) is 2. The van der Waals surface area contributed by atoms with Gasteiger partial charge in [0.1, 0.15) is 0 Å². The third-order valence-corrected chi connectivity index (χ3v) is 2.89. The van der Waals surface area contributed by atoms with Crippen molar-refractivity contribution in [3.8, 4) is 0 Å². The number of anilines is 1. The topological polar surface area (TPSA) is 92.1 Å². The minimum Gasteiger partial charge on any atom is -0.369 e. The summed E-state index contributed by atoms with van der Waals surface area (Å²) in [7, 11) is 0. The van der Waals surface area contributed by atoms with Crippen LogP contribution < -0.4 is 16.2 Å². The Hall–Kier alpha value is -1.85. The van der Waals surface area contributed by atoms with Gasteiger partial charge in [-0.15, -0.1) is 0 Å². The second-order valence-corrected chi connectivity index (χ2v) is 3.91. The summed E-state index contributed by atoms with van der Waals surface area (Å²) in [6, 6.07) is 0. The van der Waals surface area contributed by atoms with E-state index in [4.69, 9.17) is 5.73 Å². The predicted octanol–water partition coefficient (Wildman–Crippen LogP) is -0.528. The Balaban J connectivity index is 2.08. The number of amides is 1. The maximum absolute atomic E-state index is 11.5. The van der Waals surface area contributed by atoms with Crippen LogP contribution in [0.1, 0.15) is 12.8 Å². The van der Waals surface area contributed by atoms with Crippen LogP contribution in [0.15, 0.2) is 17.2 Å². The van der Waals surface area contributed by atoms with E-state index in [1.807, 2.05) is 4.90 Å². The number of piperidine rings is 1. The maximum atomic E-state index is 11.5. The van der Waals surface area contributed by atoms with Gasteiger partial charge in [-0.1, -0.05) is 0 Å². The van der Waals surface area contributed by atoms with Crippen LogP contribution in [0.5, 0.6) is 0 Å². The van der Waals surface area contributed by atoms with Crippen molar-refractivity contribution in [1.29, 1.82) is 0 Å². The molecule has 1 fully saturated rings. The number of primary amides is 1. The van der Waals surface area contributed by atoms with Gasteiger partial charge in [-0.2, -0.15) is 0 Å². The first kappa shape index (κ1) is 10.7. The molecule has 0 saturated carbocycles. The predicted molar refractivity (Wildman–Crippen MR) is 59.0 cm³/mol. The molecular weight excluding hydrogens is 208 g/mol. The van der Waals surface area contributed by atoms with Gasteiger partial charge in [-0.05, 0) is 12.8 Å². The summed E-state index contributed by atoms with van der Waals surface area (Å²) in [4.78, 5) is 31.0. The van der Waals surface area contributed by atoms with Gasteiger partial charge in [0.15, 0.2) is 5.82 Å². The Bertz CT molecular complexity index is 434. The van der Waals surface area contributed by atoms with E-state index in [2.05, 4.69) is 9.97 Å². The van der Waals surface area contributed by atoms with Crippen molar-refractivity contribution in [2.75, 3.05) is 18.0 Å². The Morgan fingerprint density at radius 1 is 1.50 bits per heavy atom. The highest BCUT2D eigenvalue weighted by Gasteiger charge is 2.24. The molecule has 2 heterocycles. The van der Waals surface area contributed by atoms with Gasteiger partial charge in [-0.3, -0.25) is 9.59 Å². The van der Waals surface area contributed by atoms with Crippen molar-refractivity contribution in [3.63, 3.8) is 0 Å². The Labute approximate surface area is 92.5 Å². The van der Waals surface area contributed by atoms with E-state index in [0.717, 1.165) is 0 Å². The van der Waals surface area contributed by atoms with Crippen LogP contribution in [-0.2, 0) is 4.79 Å². The summed E-state index contributed by atoms with van der Waals surface area (Å²) in [6.45, 7) is 1.29. The number of nitrogens with one attached hydrogen (secondary N) is 1. The largest absolute Gasteiger partial charge is 0.369 e. The molecular formula is C10H14N4O2. The molecule has 0 aromatic carbocycles. The summed E-state index contributed by atoms with van der Waals surface area (Å²) in [5.41, 5.74) is 5.05. The van der Waals surface area contributed by atoms with E-state index < -0.39 is 0 Å². The van der Waals surface area contributed by atoms with Crippen molar-refractivity contribution in [1.82, 2.24) is 9.97 Å². The minimum absolute atomic E-state index is 0.0703. The van der Waals surface area contributed by atoms with E-state index in [-0.39, 0.29) is 17.4 Å². The fourth-order valence-electron chi connectivity index (χ4n) is 1.95. The first-order valence-electron chi connectivity index (χ1n) is 5.26. The molecule has 0 bridgehead atoms. The molecule has 1 amide bonds. The lowest BCUT2D eigenvalue weighted by molar-refractivity contribution is -0.122. The Morgan fingerprint density at radius 2 is 2.19 bits per heavy atom. The van der Waals surface area contributed by atoms with Crippen LogP contribution in [0, 0.1) is 5.92 Å². The zero-order valence-electron chi connectivity index (χ0n) is 8.85. The van der Waals surface area contributed by atoms with Gasteiger partial charge < -0.3 is 15.6 Å². The molecule has 1 aromatic heterocycles. The third-order valence-electron chi connectivity index (χ3n) is 2.89. The molecule has 16 heavy (non-hydrogen) atoms. The second-order valence-electron chi connectivity index (χ2n) is 3.91. The van der Waals surface area contributed by atoms with Crippen LogP contribution in [-0.4, -0.2) is 29.0 Å². The van der Waals surface area contributed by atoms with Gasteiger partial charge in [0.25, 0.3) is 5.56 Å². The highest BCUT2D eigenvalue weighted by molar-refractivity contribution is 5.76. The average Bonchev–Trinajstić information content (AvgIpc) is 2.30. The summed E-state index contributed by atoms with van der Waals surface area (Å²) >= 11 is 0. The molecule has 3 N–H and O–H groups in total. The van der Waals surface area contributed by atoms with Crippen molar-refractivity contribution in [2.45, 2.75) is 12.8 Å². The standard InChI is InChI=1S/C10H14N4O2/c11-8(15)7-1-5-14(6-2-7)9-10(16)13-4-3-12-9/h3-4,7H,1-2,5-6H2,(H2,11,15)(H,13,16). The van der Waals surface area contributed by atoms with Crippen molar-refractivity contribution in [2.24, 2.45) is 11.7 Å². The number of hydrogen-bond acceptors (Lipinski definition) is 4. The van der Waals surface area contributed by atoms with E-state index in [1.54, 1.807) is 6.20 Å². The molecule has 0 unspecified atom stereocenters. The van der Waals surface area contributed by atoms with Crippen LogP contribution in [0.3, 0.4) is 0 Å². The fraction of sp³-hybridized carbons (Fsp3) is 0.500. The lowest BCUT2D eigenvalue weighted by atomic mass is 9.96. The van der Waals surface area contributed by atoms with Crippen LogP contribution >= 0.6 is 0 Å². The molecule has 0 radical (unpaired) electrons. The number of nitrogens with two attached hydrogens (primary N) is 1. The molecule has 6 nitrogen and oxygen atoms in total. The summed E-state index contributed by atoms with van der Waals surface area (Å²) in [6.07, 6.45) is 4.43. The molecule has 0 atom stereocenters. The smallest absolute Gasteiger partial charge is 0.290 e. The van der Waals surface area contributed by atoms with Crippen molar-refractivity contribution < 1.29 is 4.79 Å². The van der Waals surface area contributed by atoms with Gasteiger partial charge in [-0.25, -0.2) is 4.98 Å². The minimum atomic E-state index is -0.255. The molecule has 1 aliphatic rings. The first-order chi connectivity index (χ1) is 7.68. The Morgan fingerprint density at radius 3 is 2.75 bits per heavy atom. The number of hydrogen-bond donors (Lipinski definition) is 2. The van der Waals surface area contributed by atoms with Crippen LogP contribution in [0.25, 0.3) is 0 Å². The average molecular weight is 222 g/mol. The number of aromatic nitrogens is 2. The van der Waals surface area contributed by atoms with Gasteiger partial charge in [0.05, 0.1) is 0 Å². The molecule has 1 saturated heterocycles. The van der Waals surface area contributed by atoms with E-state index >= 15 is 0 Å². The number of carbonyl (C=O) groups is 1. The number of rotatable bonds is 2. The molecule has 0 spiro atoms. The summed E-state index contributed by atoms with van der Waals surface area (Å²) in [5, 5.41) is 0. The first-order valence-corrected chi connectivity index (χ1v) is 5.26. The quantitative estimate of drug-likeness (QED) is 0.703. The van der Waals surface area contributed by atoms with Gasteiger partial charge in [0.2, 0.25) is 5.91 Å². The van der Waals surface area contributed by atoms with Crippen molar-refractivity contribution >= 4 is 11.7 Å². The Kier molecular flexibility index (Phi) is 2.89. The molecule has 6 heteroatoms. The van der Waals surface area contributed by atoms with Gasteiger partial charge >= 0.3 is 0 Å². The fourth-order valence-corrected chi connectivity index (χ4v) is 1.95. The number of H-pyrrole nitrogens is 1. The number of carbonyl (C=O) groups excluding carboxylic acids is 1. The zero-order chi connectivity index (χ0) is 11.5. The molecule has 2 rings (SSSR count). The lowest BCUT2D eigenvalue weighted by Gasteiger charge is -2.30. The van der Waals surface area contributed by atoms with Crippen molar-refractivity contribution in [3.05, 3.63) is 22.7 Å². The second kappa shape index (κ2) is 4.34. The molecule has 86 valence electrons. The van der Waals surface area contributed by atoms with E-state index in [0.29, 0.717) is 31.7 Å². The normalized spacial score (nSPS) is 17.4. The molecule has 1 aliphatic heterocycles. The highest BCUT2D eigenvalue weighted by Crippen LogP contribution is 2.18. The summed E-state index contributed by atoms with van der Waals surface area (Å²) in [5.74, 6) is 0.0963. The van der Waals surface area contributed by atoms with Crippen LogP contribution in [0.2, 0.25) is 0 Å². The highest BCUT2D eigenvalue weighted by atomic mass is 16.1. The third kappa shape index (κ3) is 2.05. The molecule has 0 aliphatic carbocycles. The van der Waals surface area contributed by atoms with E-state index in [1.165, 1.54) is 6.20 Å². The lowest BCUT2D eigenvalue weighted by Crippen LogP contribution is -2.41. The maximum Gasteiger partial charge on any atom is 0.290 e. The SMILES string of the molecule is NC(=O)C1CCN(c2ncc[nH]c2=O)CC1.